The molecule has 0 aliphatic rings. The lowest BCUT2D eigenvalue weighted by Crippen LogP contribution is -2.02. The average Bonchev–Trinajstić information content (AvgIpc) is 2.03. The number of aromatic nitrogens is 2. The second kappa shape index (κ2) is 4.31. The number of aliphatic hydroxyl groups is 1. The molecule has 4 heteroatoms. The summed E-state index contributed by atoms with van der Waals surface area (Å²) >= 11 is 1.50. The highest BCUT2D eigenvalue weighted by Crippen LogP contribution is 2.13. The summed E-state index contributed by atoms with van der Waals surface area (Å²) < 4.78 is 0. The van der Waals surface area contributed by atoms with Crippen LogP contribution < -0.4 is 0 Å². The van der Waals surface area contributed by atoms with Gasteiger partial charge in [-0.3, -0.25) is 4.98 Å². The minimum atomic E-state index is -0.290. The zero-order valence-corrected chi connectivity index (χ0v) is 7.08. The molecule has 0 bridgehead atoms. The van der Waals surface area contributed by atoms with E-state index in [1.165, 1.54) is 11.8 Å². The Labute approximate surface area is 69.9 Å². The molecule has 1 atom stereocenters. The van der Waals surface area contributed by atoms with Gasteiger partial charge in [0.2, 0.25) is 0 Å². The first-order valence-corrected chi connectivity index (χ1v) is 4.34. The number of aliphatic hydroxyl groups excluding tert-OH is 1. The van der Waals surface area contributed by atoms with Crippen molar-refractivity contribution in [2.45, 2.75) is 18.1 Å². The fourth-order valence-corrected chi connectivity index (χ4v) is 1.25. The van der Waals surface area contributed by atoms with Gasteiger partial charge in [0.25, 0.3) is 0 Å². The number of hydrogen-bond acceptors (Lipinski definition) is 4. The van der Waals surface area contributed by atoms with Crippen LogP contribution in [0.2, 0.25) is 0 Å². The highest BCUT2D eigenvalue weighted by atomic mass is 32.2. The van der Waals surface area contributed by atoms with Crippen molar-refractivity contribution in [3.05, 3.63) is 18.6 Å². The van der Waals surface area contributed by atoms with Crippen molar-refractivity contribution < 1.29 is 5.11 Å². The van der Waals surface area contributed by atoms with Crippen LogP contribution in [0.15, 0.2) is 23.6 Å². The molecule has 0 saturated carbocycles. The molecule has 11 heavy (non-hydrogen) atoms. The molecule has 1 N–H and O–H groups in total. The lowest BCUT2D eigenvalue weighted by molar-refractivity contribution is 0.220. The normalized spacial score (nSPS) is 12.9. The van der Waals surface area contributed by atoms with Crippen molar-refractivity contribution in [2.75, 3.05) is 5.75 Å². The van der Waals surface area contributed by atoms with Crippen LogP contribution in [0.3, 0.4) is 0 Å². The Kier molecular flexibility index (Phi) is 3.32. The lowest BCUT2D eigenvalue weighted by Gasteiger charge is -2.01. The zero-order valence-electron chi connectivity index (χ0n) is 6.27. The summed E-state index contributed by atoms with van der Waals surface area (Å²) in [6.07, 6.45) is 4.67. The van der Waals surface area contributed by atoms with Crippen molar-refractivity contribution in [3.63, 3.8) is 0 Å². The fraction of sp³-hybridized carbons (Fsp3) is 0.429. The predicted octanol–water partition coefficient (Wildman–Crippen LogP) is 0.950. The van der Waals surface area contributed by atoms with Gasteiger partial charge in [-0.05, 0) is 6.92 Å². The summed E-state index contributed by atoms with van der Waals surface area (Å²) in [6, 6.07) is 0. The first-order valence-electron chi connectivity index (χ1n) is 3.36. The predicted molar refractivity (Wildman–Crippen MR) is 44.4 cm³/mol. The van der Waals surface area contributed by atoms with E-state index < -0.39 is 0 Å². The van der Waals surface area contributed by atoms with E-state index in [1.54, 1.807) is 25.5 Å². The molecule has 1 rings (SSSR count). The molecule has 0 aliphatic heterocycles. The van der Waals surface area contributed by atoms with Gasteiger partial charge in [0.1, 0.15) is 5.03 Å². The zero-order chi connectivity index (χ0) is 8.10. The molecule has 1 heterocycles. The molecular formula is C7H10N2OS. The van der Waals surface area contributed by atoms with E-state index in [0.29, 0.717) is 5.75 Å². The molecule has 1 aromatic rings. The molecule has 0 amide bonds. The third-order valence-electron chi connectivity index (χ3n) is 1.01. The van der Waals surface area contributed by atoms with Gasteiger partial charge in [-0.15, -0.1) is 11.8 Å². The van der Waals surface area contributed by atoms with Crippen LogP contribution in [0.4, 0.5) is 0 Å². The van der Waals surface area contributed by atoms with Crippen molar-refractivity contribution >= 4 is 11.8 Å². The van der Waals surface area contributed by atoms with Crippen molar-refractivity contribution in [3.8, 4) is 0 Å². The Morgan fingerprint density at radius 2 is 2.45 bits per heavy atom. The van der Waals surface area contributed by atoms with E-state index in [2.05, 4.69) is 9.97 Å². The standard InChI is InChI=1S/C7H10N2OS/c1-6(10)5-11-7-4-8-2-3-9-7/h2-4,6,10H,5H2,1H3/t6-/m0/s1. The van der Waals surface area contributed by atoms with Crippen LogP contribution in [0.1, 0.15) is 6.92 Å². The Balaban J connectivity index is 2.39. The Hall–Kier alpha value is -0.610. The molecular weight excluding hydrogens is 160 g/mol. The van der Waals surface area contributed by atoms with Gasteiger partial charge < -0.3 is 5.11 Å². The summed E-state index contributed by atoms with van der Waals surface area (Å²) in [5.41, 5.74) is 0. The molecule has 3 nitrogen and oxygen atoms in total. The fourth-order valence-electron chi connectivity index (χ4n) is 0.566. The number of thioether (sulfide) groups is 1. The molecule has 0 saturated heterocycles. The number of nitrogens with zero attached hydrogens (tertiary/aromatic N) is 2. The van der Waals surface area contributed by atoms with Gasteiger partial charge >= 0.3 is 0 Å². The first kappa shape index (κ1) is 8.49. The maximum atomic E-state index is 8.94. The third-order valence-corrected chi connectivity index (χ3v) is 2.17. The molecule has 0 radical (unpaired) electrons. The van der Waals surface area contributed by atoms with Crippen LogP contribution in [-0.2, 0) is 0 Å². The molecule has 0 unspecified atom stereocenters. The van der Waals surface area contributed by atoms with Crippen LogP contribution in [0.5, 0.6) is 0 Å². The Morgan fingerprint density at radius 1 is 1.64 bits per heavy atom. The van der Waals surface area contributed by atoms with E-state index in [0.717, 1.165) is 5.03 Å². The van der Waals surface area contributed by atoms with E-state index in [-0.39, 0.29) is 6.10 Å². The summed E-state index contributed by atoms with van der Waals surface area (Å²) in [6.45, 7) is 1.75. The SMILES string of the molecule is C[C@H](O)CSc1cnccn1. The molecule has 0 fully saturated rings. The summed E-state index contributed by atoms with van der Waals surface area (Å²) in [5.74, 6) is 0.665. The van der Waals surface area contributed by atoms with Crippen molar-refractivity contribution in [1.29, 1.82) is 0 Å². The Morgan fingerprint density at radius 3 is 3.00 bits per heavy atom. The number of hydrogen-bond donors (Lipinski definition) is 1. The minimum Gasteiger partial charge on any atom is -0.393 e. The monoisotopic (exact) mass is 170 g/mol. The van der Waals surface area contributed by atoms with Gasteiger partial charge in [-0.1, -0.05) is 0 Å². The van der Waals surface area contributed by atoms with Gasteiger partial charge in [0, 0.05) is 18.1 Å². The topological polar surface area (TPSA) is 46.0 Å². The minimum absolute atomic E-state index is 0.290. The maximum Gasteiger partial charge on any atom is 0.114 e. The van der Waals surface area contributed by atoms with E-state index in [4.69, 9.17) is 5.11 Å². The lowest BCUT2D eigenvalue weighted by atomic mass is 10.5. The molecule has 0 spiro atoms. The smallest absolute Gasteiger partial charge is 0.114 e. The summed E-state index contributed by atoms with van der Waals surface area (Å²) in [5, 5.41) is 9.80. The highest BCUT2D eigenvalue weighted by Gasteiger charge is 1.97. The van der Waals surface area contributed by atoms with Crippen molar-refractivity contribution in [1.82, 2.24) is 9.97 Å². The first-order chi connectivity index (χ1) is 5.29. The van der Waals surface area contributed by atoms with Crippen molar-refractivity contribution in [2.24, 2.45) is 0 Å². The largest absolute Gasteiger partial charge is 0.393 e. The van der Waals surface area contributed by atoms with Crippen LogP contribution >= 0.6 is 11.8 Å². The second-order valence-electron chi connectivity index (χ2n) is 2.20. The van der Waals surface area contributed by atoms with Gasteiger partial charge in [0.05, 0.1) is 12.3 Å². The Bertz CT molecular complexity index is 203. The van der Waals surface area contributed by atoms with Gasteiger partial charge in [-0.25, -0.2) is 4.98 Å². The molecule has 0 aliphatic carbocycles. The van der Waals surface area contributed by atoms with Crippen LogP contribution in [0, 0.1) is 0 Å². The van der Waals surface area contributed by atoms with Crippen LogP contribution in [0.25, 0.3) is 0 Å². The third kappa shape index (κ3) is 3.34. The molecule has 1 aromatic heterocycles. The van der Waals surface area contributed by atoms with Gasteiger partial charge in [-0.2, -0.15) is 0 Å². The van der Waals surface area contributed by atoms with Crippen LogP contribution in [-0.4, -0.2) is 26.9 Å². The van der Waals surface area contributed by atoms with E-state index in [1.807, 2.05) is 0 Å². The second-order valence-corrected chi connectivity index (χ2v) is 3.24. The summed E-state index contributed by atoms with van der Waals surface area (Å²) in [4.78, 5) is 7.94. The molecule has 0 aromatic carbocycles. The average molecular weight is 170 g/mol. The summed E-state index contributed by atoms with van der Waals surface area (Å²) in [7, 11) is 0. The quantitative estimate of drug-likeness (QED) is 0.686. The highest BCUT2D eigenvalue weighted by molar-refractivity contribution is 7.99. The van der Waals surface area contributed by atoms with E-state index in [9.17, 15) is 0 Å². The maximum absolute atomic E-state index is 8.94. The van der Waals surface area contributed by atoms with E-state index >= 15 is 0 Å². The van der Waals surface area contributed by atoms with Gasteiger partial charge in [0.15, 0.2) is 0 Å². The molecule has 60 valence electrons. The number of rotatable bonds is 3.